The number of esters is 2. The predicted molar refractivity (Wildman–Crippen MR) is 110 cm³/mol. The molecular weight excluding hydrogens is 438 g/mol. The highest BCUT2D eigenvalue weighted by Gasteiger charge is 2.50. The lowest BCUT2D eigenvalue weighted by atomic mass is 10.1. The summed E-state index contributed by atoms with van der Waals surface area (Å²) in [5, 5.41) is 9.84. The van der Waals surface area contributed by atoms with Gasteiger partial charge in [0.1, 0.15) is 29.5 Å². The predicted octanol–water partition coefficient (Wildman–Crippen LogP) is -0.140. The summed E-state index contributed by atoms with van der Waals surface area (Å²) in [6.45, 7) is 2.14. The molecule has 3 rings (SSSR count). The van der Waals surface area contributed by atoms with Gasteiger partial charge in [-0.15, -0.1) is 0 Å². The summed E-state index contributed by atoms with van der Waals surface area (Å²) in [4.78, 5) is 59.4. The van der Waals surface area contributed by atoms with E-state index in [-0.39, 0.29) is 54.2 Å². The molecule has 178 valence electrons. The number of aromatic nitrogens is 4. The van der Waals surface area contributed by atoms with Crippen molar-refractivity contribution in [3.8, 4) is 0 Å². The first-order chi connectivity index (χ1) is 15.7. The number of carbonyl (C=O) groups is 4. The number of anilines is 1. The van der Waals surface area contributed by atoms with Gasteiger partial charge >= 0.3 is 11.9 Å². The molecule has 4 atom stereocenters. The minimum absolute atomic E-state index is 0.0228. The highest BCUT2D eigenvalue weighted by Crippen LogP contribution is 2.36. The van der Waals surface area contributed by atoms with Crippen molar-refractivity contribution in [1.29, 1.82) is 0 Å². The Balaban J connectivity index is 1.91. The van der Waals surface area contributed by atoms with Crippen LogP contribution >= 0.6 is 0 Å². The van der Waals surface area contributed by atoms with Crippen LogP contribution in [0.3, 0.4) is 0 Å². The normalized spacial score (nSPS) is 22.3. The van der Waals surface area contributed by atoms with Gasteiger partial charge in [0.2, 0.25) is 0 Å². The maximum absolute atomic E-state index is 12.4. The molecule has 2 aromatic rings. The quantitative estimate of drug-likeness (QED) is 0.445. The lowest BCUT2D eigenvalue weighted by Crippen LogP contribution is -2.40. The molecule has 0 amide bonds. The lowest BCUT2D eigenvalue weighted by molar-refractivity contribution is -0.169. The van der Waals surface area contributed by atoms with E-state index in [1.54, 1.807) is 0 Å². The number of aliphatic hydroxyl groups is 1. The summed E-state index contributed by atoms with van der Waals surface area (Å²) in [7, 11) is 0. The van der Waals surface area contributed by atoms with E-state index in [0.717, 1.165) is 0 Å². The van der Waals surface area contributed by atoms with Crippen molar-refractivity contribution in [2.24, 2.45) is 0 Å². The summed E-state index contributed by atoms with van der Waals surface area (Å²) in [6.07, 6.45) is -2.34. The largest absolute Gasteiger partial charge is 0.455 e. The topological polar surface area (TPSA) is 186 Å². The summed E-state index contributed by atoms with van der Waals surface area (Å²) in [6, 6.07) is 0. The molecule has 0 saturated carbocycles. The van der Waals surface area contributed by atoms with Gasteiger partial charge < -0.3 is 34.6 Å². The number of imidazole rings is 1. The van der Waals surface area contributed by atoms with Gasteiger partial charge in [-0.3, -0.25) is 14.2 Å². The van der Waals surface area contributed by atoms with Crippen molar-refractivity contribution in [2.75, 3.05) is 12.3 Å². The highest BCUT2D eigenvalue weighted by atomic mass is 16.6. The molecule has 0 spiro atoms. The molecule has 33 heavy (non-hydrogen) atoms. The zero-order chi connectivity index (χ0) is 24.1. The van der Waals surface area contributed by atoms with Gasteiger partial charge in [0.05, 0.1) is 25.8 Å². The number of ketones is 2. The third-order valence-corrected chi connectivity index (χ3v) is 5.02. The number of carbonyl (C=O) groups excluding carboxylic acids is 4. The number of fused-ring (bicyclic) bond motifs is 1. The standard InChI is InChI=1S/C20H25N5O8/c1-10(27)3-5-13(29)32-16-12(7-26)31-20(17(16)33-14(30)6-4-11(2)28)25-9-24-15-18(21)22-8-23-19(15)25/h8-9,12,16-17,20,26H,3-7H2,1-2H3,(H2,21,22,23)/t12-,16?,17+,20-/m1/s1. The monoisotopic (exact) mass is 463 g/mol. The minimum atomic E-state index is -1.20. The minimum Gasteiger partial charge on any atom is -0.455 e. The Labute approximate surface area is 188 Å². The number of hydrogen-bond donors (Lipinski definition) is 2. The Hall–Kier alpha value is -3.45. The van der Waals surface area contributed by atoms with Crippen LogP contribution in [0, 0.1) is 0 Å². The van der Waals surface area contributed by atoms with Crippen LogP contribution in [0.2, 0.25) is 0 Å². The summed E-state index contributed by atoms with van der Waals surface area (Å²) < 4.78 is 18.3. The Bertz CT molecular complexity index is 1050. The number of hydrogen-bond acceptors (Lipinski definition) is 12. The maximum Gasteiger partial charge on any atom is 0.306 e. The molecule has 13 heteroatoms. The molecule has 1 aliphatic rings. The molecule has 0 aromatic carbocycles. The molecule has 1 saturated heterocycles. The van der Waals surface area contributed by atoms with E-state index in [0.29, 0.717) is 0 Å². The van der Waals surface area contributed by atoms with Gasteiger partial charge in [-0.1, -0.05) is 0 Å². The second-order valence-electron chi connectivity index (χ2n) is 7.64. The van der Waals surface area contributed by atoms with Crippen LogP contribution in [0.1, 0.15) is 45.8 Å². The molecule has 13 nitrogen and oxygen atoms in total. The third kappa shape index (κ3) is 5.68. The van der Waals surface area contributed by atoms with Crippen molar-refractivity contribution in [3.63, 3.8) is 0 Å². The van der Waals surface area contributed by atoms with E-state index in [1.807, 2.05) is 0 Å². The molecule has 0 bridgehead atoms. The summed E-state index contributed by atoms with van der Waals surface area (Å²) in [5.41, 5.74) is 6.39. The van der Waals surface area contributed by atoms with E-state index in [4.69, 9.17) is 19.9 Å². The van der Waals surface area contributed by atoms with Crippen LogP contribution in [0.25, 0.3) is 11.2 Å². The molecule has 0 aliphatic carbocycles. The van der Waals surface area contributed by atoms with E-state index < -0.39 is 43.1 Å². The number of ether oxygens (including phenoxy) is 3. The SMILES string of the molecule is CC(=O)CCC(=O)OC1[C@@H](CO)O[C@@H](n2cnc3c(N)ncnc32)[C@H]1OC(=O)CCC(C)=O. The maximum atomic E-state index is 12.4. The zero-order valence-corrected chi connectivity index (χ0v) is 18.2. The fraction of sp³-hybridized carbons (Fsp3) is 0.550. The van der Waals surface area contributed by atoms with Crippen LogP contribution < -0.4 is 5.73 Å². The smallest absolute Gasteiger partial charge is 0.306 e. The fourth-order valence-electron chi connectivity index (χ4n) is 3.38. The Kier molecular flexibility index (Phi) is 7.66. The van der Waals surface area contributed by atoms with E-state index >= 15 is 0 Å². The third-order valence-electron chi connectivity index (χ3n) is 5.02. The van der Waals surface area contributed by atoms with Crippen LogP contribution in [0.4, 0.5) is 5.82 Å². The lowest BCUT2D eigenvalue weighted by Gasteiger charge is -2.24. The number of nitrogen functional groups attached to an aromatic ring is 1. The summed E-state index contributed by atoms with van der Waals surface area (Å²) >= 11 is 0. The van der Waals surface area contributed by atoms with Crippen molar-refractivity contribution in [1.82, 2.24) is 19.5 Å². The van der Waals surface area contributed by atoms with Crippen LogP contribution in [-0.4, -0.2) is 73.0 Å². The van der Waals surface area contributed by atoms with Gasteiger partial charge in [0.25, 0.3) is 0 Å². The molecule has 3 N–H and O–H groups in total. The molecule has 3 heterocycles. The van der Waals surface area contributed by atoms with Crippen LogP contribution in [0.5, 0.6) is 0 Å². The van der Waals surface area contributed by atoms with Crippen molar-refractivity contribution >= 4 is 40.5 Å². The van der Waals surface area contributed by atoms with Crippen LogP contribution in [0.15, 0.2) is 12.7 Å². The van der Waals surface area contributed by atoms with Gasteiger partial charge in [-0.2, -0.15) is 0 Å². The average molecular weight is 463 g/mol. The first-order valence-corrected chi connectivity index (χ1v) is 10.3. The van der Waals surface area contributed by atoms with Crippen molar-refractivity contribution in [3.05, 3.63) is 12.7 Å². The van der Waals surface area contributed by atoms with E-state index in [2.05, 4.69) is 15.0 Å². The molecule has 1 unspecified atom stereocenters. The molecule has 1 fully saturated rings. The van der Waals surface area contributed by atoms with Crippen molar-refractivity contribution in [2.45, 2.75) is 64.1 Å². The van der Waals surface area contributed by atoms with Crippen LogP contribution in [-0.2, 0) is 33.4 Å². The second-order valence-corrected chi connectivity index (χ2v) is 7.64. The molecule has 1 aliphatic heterocycles. The van der Waals surface area contributed by atoms with Gasteiger partial charge in [0, 0.05) is 12.8 Å². The Morgan fingerprint density at radius 3 is 2.18 bits per heavy atom. The Morgan fingerprint density at radius 2 is 1.61 bits per heavy atom. The second kappa shape index (κ2) is 10.4. The van der Waals surface area contributed by atoms with Crippen molar-refractivity contribution < 1.29 is 38.5 Å². The Morgan fingerprint density at radius 1 is 1.00 bits per heavy atom. The van der Waals surface area contributed by atoms with Gasteiger partial charge in [-0.05, 0) is 13.8 Å². The van der Waals surface area contributed by atoms with E-state index in [9.17, 15) is 24.3 Å². The first-order valence-electron chi connectivity index (χ1n) is 10.3. The number of aliphatic hydroxyl groups excluding tert-OH is 1. The number of rotatable bonds is 10. The number of Topliss-reactive ketones (excluding diaryl/α,β-unsaturated/α-hetero) is 2. The average Bonchev–Trinajstić information content (AvgIpc) is 3.33. The zero-order valence-electron chi connectivity index (χ0n) is 18.2. The fourth-order valence-corrected chi connectivity index (χ4v) is 3.38. The van der Waals surface area contributed by atoms with Gasteiger partial charge in [0.15, 0.2) is 29.9 Å². The van der Waals surface area contributed by atoms with E-state index in [1.165, 1.54) is 31.1 Å². The summed E-state index contributed by atoms with van der Waals surface area (Å²) in [5.74, 6) is -1.70. The number of nitrogens with zero attached hydrogens (tertiary/aromatic N) is 4. The molecular formula is C20H25N5O8. The number of nitrogens with two attached hydrogens (primary N) is 1. The molecule has 0 radical (unpaired) electrons. The first kappa shape index (κ1) is 24.2. The van der Waals surface area contributed by atoms with Gasteiger partial charge in [-0.25, -0.2) is 15.0 Å². The highest BCUT2D eigenvalue weighted by molar-refractivity contribution is 5.82. The molecule has 2 aromatic heterocycles.